The van der Waals surface area contributed by atoms with Gasteiger partial charge in [-0.2, -0.15) is 13.2 Å². The van der Waals surface area contributed by atoms with Crippen molar-refractivity contribution in [3.8, 4) is 5.75 Å². The highest BCUT2D eigenvalue weighted by molar-refractivity contribution is 5.84. The summed E-state index contributed by atoms with van der Waals surface area (Å²) < 4.78 is 48.9. The third kappa shape index (κ3) is 13.7. The summed E-state index contributed by atoms with van der Waals surface area (Å²) >= 11 is 0. The van der Waals surface area contributed by atoms with Crippen molar-refractivity contribution in [2.75, 3.05) is 19.8 Å². The Hall–Kier alpha value is -3.05. The van der Waals surface area contributed by atoms with Gasteiger partial charge in [0.05, 0.1) is 36.4 Å². The topological polar surface area (TPSA) is 178 Å². The molecule has 0 aromatic heterocycles. The van der Waals surface area contributed by atoms with Crippen LogP contribution in [-0.4, -0.2) is 87.2 Å². The third-order valence-corrected chi connectivity index (χ3v) is 6.87. The predicted molar refractivity (Wildman–Crippen MR) is 148 cm³/mol. The van der Waals surface area contributed by atoms with E-state index in [1.165, 1.54) is 25.1 Å². The van der Waals surface area contributed by atoms with Gasteiger partial charge in [-0.1, -0.05) is 30.4 Å². The van der Waals surface area contributed by atoms with Gasteiger partial charge < -0.3 is 30.1 Å². The van der Waals surface area contributed by atoms with Crippen LogP contribution in [0.5, 0.6) is 5.75 Å². The van der Waals surface area contributed by atoms with Crippen LogP contribution in [0.15, 0.2) is 48.6 Å². The van der Waals surface area contributed by atoms with Crippen molar-refractivity contribution >= 4 is 11.9 Å². The van der Waals surface area contributed by atoms with E-state index in [0.29, 0.717) is 19.3 Å². The predicted octanol–water partition coefficient (Wildman–Crippen LogP) is 2.93. The lowest BCUT2D eigenvalue weighted by atomic mass is 9.89. The number of halogens is 3. The van der Waals surface area contributed by atoms with Gasteiger partial charge >= 0.3 is 12.1 Å². The van der Waals surface area contributed by atoms with Gasteiger partial charge in [0.25, 0.3) is 0 Å². The van der Waals surface area contributed by atoms with Crippen LogP contribution in [-0.2, 0) is 25.3 Å². The summed E-state index contributed by atoms with van der Waals surface area (Å²) in [5.41, 5.74) is -0.865. The molecular weight excluding hydrogens is 593 g/mol. The number of nitrogens with one attached hydrogen (secondary N) is 1. The van der Waals surface area contributed by atoms with Gasteiger partial charge in [0.1, 0.15) is 24.5 Å². The number of esters is 1. The zero-order valence-electron chi connectivity index (χ0n) is 24.3. The summed E-state index contributed by atoms with van der Waals surface area (Å²) in [5, 5.41) is 50.0. The number of aliphatic hydroxyl groups excluding tert-OH is 3. The Morgan fingerprint density at radius 2 is 1.89 bits per heavy atom. The number of benzene rings is 1. The number of hydrogen-bond acceptors (Lipinski definition) is 11. The van der Waals surface area contributed by atoms with E-state index in [9.17, 15) is 38.1 Å². The molecule has 1 amide bonds. The first-order valence-corrected chi connectivity index (χ1v) is 14.2. The van der Waals surface area contributed by atoms with Gasteiger partial charge in [-0.25, -0.2) is 4.79 Å². The standard InChI is InChI=1S/C29H41F3N2O10/c1-19(28(39)42-14-7-15-44-34(40)41)33-27(38)11-5-3-2-4-10-23-24(26(37)17-25(23)36)13-12-21(35)18-43-22-9-6-8-20(16-22)29(30,31)32/h2,4,6,8-9,12-13,16,19,21,23-26,35-37,40-41H,3,5,7,10-11,14-15,17-18H2,1H3,(H,33,38)/b4-2-,13-12+/t19?,21-,23-,24-,25+,26-/m1/s1. The number of allylic oxidation sites excluding steroid dienone is 2. The van der Waals surface area contributed by atoms with Crippen LogP contribution in [0, 0.1) is 11.8 Å². The summed E-state index contributed by atoms with van der Waals surface area (Å²) in [4.78, 5) is 28.4. The first-order chi connectivity index (χ1) is 20.8. The van der Waals surface area contributed by atoms with Crippen molar-refractivity contribution in [1.82, 2.24) is 10.7 Å². The number of hydrogen-bond donors (Lipinski definition) is 6. The number of unbranched alkanes of at least 4 members (excludes halogenated alkanes) is 1. The molecule has 0 saturated heterocycles. The molecule has 6 atom stereocenters. The van der Waals surface area contributed by atoms with Crippen LogP contribution < -0.4 is 10.1 Å². The maximum absolute atomic E-state index is 12.9. The van der Waals surface area contributed by atoms with Crippen molar-refractivity contribution in [1.29, 1.82) is 0 Å². The van der Waals surface area contributed by atoms with Crippen LogP contribution in [0.4, 0.5) is 13.2 Å². The van der Waals surface area contributed by atoms with Gasteiger partial charge in [0.2, 0.25) is 5.91 Å². The van der Waals surface area contributed by atoms with Crippen molar-refractivity contribution in [3.05, 3.63) is 54.1 Å². The second kappa shape index (κ2) is 18.7. The van der Waals surface area contributed by atoms with E-state index in [1.807, 2.05) is 12.2 Å². The SMILES string of the molecule is CC(NC(=O)CCC/C=C\C[C@@H]1[C@@H](/C=C/[C@@H](O)COc2cccc(C(F)(F)F)c2)[C@H](O)C[C@@H]1O)C(=O)OCCCON(O)O. The smallest absolute Gasteiger partial charge is 0.416 e. The molecule has 15 heteroatoms. The number of nitrogens with zero attached hydrogens (tertiary/aromatic N) is 1. The molecule has 2 rings (SSSR count). The van der Waals surface area contributed by atoms with Gasteiger partial charge in [-0.3, -0.25) is 20.0 Å². The molecule has 1 aromatic carbocycles. The molecule has 248 valence electrons. The fourth-order valence-electron chi connectivity index (χ4n) is 4.59. The molecule has 1 fully saturated rings. The summed E-state index contributed by atoms with van der Waals surface area (Å²) in [6, 6.07) is 3.45. The van der Waals surface area contributed by atoms with Crippen molar-refractivity contribution in [2.45, 2.75) is 76.0 Å². The van der Waals surface area contributed by atoms with Crippen LogP contribution in [0.2, 0.25) is 0 Å². The maximum Gasteiger partial charge on any atom is 0.416 e. The highest BCUT2D eigenvalue weighted by atomic mass is 19.4. The van der Waals surface area contributed by atoms with E-state index in [-0.39, 0.29) is 56.7 Å². The van der Waals surface area contributed by atoms with Crippen LogP contribution in [0.1, 0.15) is 51.0 Å². The molecule has 1 aromatic rings. The minimum absolute atomic E-state index is 0.0284. The van der Waals surface area contributed by atoms with Crippen molar-refractivity contribution in [3.63, 3.8) is 0 Å². The van der Waals surface area contributed by atoms with E-state index in [0.717, 1.165) is 12.1 Å². The van der Waals surface area contributed by atoms with Crippen molar-refractivity contribution in [2.24, 2.45) is 11.8 Å². The molecule has 0 spiro atoms. The zero-order valence-corrected chi connectivity index (χ0v) is 24.3. The average Bonchev–Trinajstić information content (AvgIpc) is 3.22. The molecule has 1 aliphatic carbocycles. The number of aliphatic hydroxyl groups is 3. The Bertz CT molecular complexity index is 1090. The Kier molecular flexibility index (Phi) is 15.8. The minimum atomic E-state index is -4.52. The largest absolute Gasteiger partial charge is 0.491 e. The second-order valence-corrected chi connectivity index (χ2v) is 10.4. The number of amides is 1. The lowest BCUT2D eigenvalue weighted by molar-refractivity contribution is -0.492. The molecular formula is C29H41F3N2O10. The number of carbonyl (C=O) groups excluding carboxylic acids is 2. The molecule has 0 aliphatic heterocycles. The molecule has 1 saturated carbocycles. The van der Waals surface area contributed by atoms with E-state index in [4.69, 9.17) is 19.9 Å². The molecule has 0 radical (unpaired) electrons. The Morgan fingerprint density at radius 3 is 2.59 bits per heavy atom. The number of carbonyl (C=O) groups is 2. The quantitative estimate of drug-likeness (QED) is 0.0606. The van der Waals surface area contributed by atoms with E-state index in [2.05, 4.69) is 10.2 Å². The molecule has 12 nitrogen and oxygen atoms in total. The fourth-order valence-corrected chi connectivity index (χ4v) is 4.59. The normalized spacial score (nSPS) is 22.0. The lowest BCUT2D eigenvalue weighted by Gasteiger charge is -2.19. The van der Waals surface area contributed by atoms with Gasteiger partial charge in [0.15, 0.2) is 0 Å². The minimum Gasteiger partial charge on any atom is -0.491 e. The lowest BCUT2D eigenvalue weighted by Crippen LogP contribution is -2.39. The Balaban J connectivity index is 1.71. The van der Waals surface area contributed by atoms with Crippen LogP contribution in [0.3, 0.4) is 0 Å². The first kappa shape index (κ1) is 37.1. The van der Waals surface area contributed by atoms with E-state index in [1.54, 1.807) is 6.08 Å². The van der Waals surface area contributed by atoms with E-state index >= 15 is 0 Å². The van der Waals surface area contributed by atoms with Crippen molar-refractivity contribution < 1.29 is 62.8 Å². The average molecular weight is 635 g/mol. The monoisotopic (exact) mass is 634 g/mol. The summed E-state index contributed by atoms with van der Waals surface area (Å²) in [7, 11) is 0. The number of ether oxygens (including phenoxy) is 2. The first-order valence-electron chi connectivity index (χ1n) is 14.2. The van der Waals surface area contributed by atoms with Gasteiger partial charge in [0, 0.05) is 25.2 Å². The molecule has 44 heavy (non-hydrogen) atoms. The van der Waals surface area contributed by atoms with E-state index < -0.39 is 53.4 Å². The van der Waals surface area contributed by atoms with Gasteiger partial charge in [-0.05, 0) is 50.3 Å². The zero-order chi connectivity index (χ0) is 32.7. The fraction of sp³-hybridized carbons (Fsp3) is 0.586. The van der Waals surface area contributed by atoms with Crippen LogP contribution in [0.25, 0.3) is 0 Å². The Morgan fingerprint density at radius 1 is 1.14 bits per heavy atom. The maximum atomic E-state index is 12.9. The number of alkyl halides is 3. The van der Waals surface area contributed by atoms with Crippen LogP contribution >= 0.6 is 0 Å². The second-order valence-electron chi connectivity index (χ2n) is 10.4. The van der Waals surface area contributed by atoms with Gasteiger partial charge in [-0.15, -0.1) is 0 Å². The molecule has 0 heterocycles. The summed E-state index contributed by atoms with van der Waals surface area (Å²) in [6.45, 7) is 1.07. The highest BCUT2D eigenvalue weighted by Gasteiger charge is 2.39. The summed E-state index contributed by atoms with van der Waals surface area (Å²) in [6.07, 6.45) is 1.39. The number of rotatable bonds is 18. The molecule has 0 bridgehead atoms. The molecule has 1 unspecified atom stereocenters. The molecule has 1 aliphatic rings. The highest BCUT2D eigenvalue weighted by Crippen LogP contribution is 2.36. The summed E-state index contributed by atoms with van der Waals surface area (Å²) in [5.74, 6) is -1.81. The Labute approximate surface area is 253 Å². The molecule has 6 N–H and O–H groups in total. The third-order valence-electron chi connectivity index (χ3n) is 6.87.